The van der Waals surface area contributed by atoms with Gasteiger partial charge in [-0.05, 0) is 26.3 Å². The molecule has 1 aromatic heterocycles. The van der Waals surface area contributed by atoms with Crippen molar-refractivity contribution in [1.29, 1.82) is 5.26 Å². The van der Waals surface area contributed by atoms with Gasteiger partial charge in [0, 0.05) is 19.3 Å². The molecule has 4 heteroatoms. The Labute approximate surface area is 102 Å². The molecule has 0 aromatic carbocycles. The Balaban J connectivity index is 2.39. The van der Waals surface area contributed by atoms with Crippen LogP contribution >= 0.6 is 0 Å². The Hall–Kier alpha value is -1.60. The molecule has 0 spiro atoms. The Morgan fingerprint density at radius 2 is 2.29 bits per heavy atom. The van der Waals surface area contributed by atoms with E-state index in [4.69, 9.17) is 4.74 Å². The largest absolute Gasteiger partial charge is 0.379 e. The molecular weight excluding hydrogens is 214 g/mol. The predicted molar refractivity (Wildman–Crippen MR) is 66.1 cm³/mol. The maximum absolute atomic E-state index is 9.23. The summed E-state index contributed by atoms with van der Waals surface area (Å²) < 4.78 is 5.39. The molecule has 1 atom stereocenters. The molecule has 1 aliphatic heterocycles. The molecule has 1 aromatic rings. The number of hydrogen-bond acceptors (Lipinski definition) is 4. The van der Waals surface area contributed by atoms with Crippen LogP contribution in [-0.2, 0) is 4.74 Å². The van der Waals surface area contributed by atoms with E-state index < -0.39 is 0 Å². The highest BCUT2D eigenvalue weighted by molar-refractivity contribution is 5.61. The molecular formula is C13H17N3O. The number of likely N-dealkylation sites (N-methyl/N-ethyl adjacent to an activating group) is 1. The first kappa shape index (κ1) is 11.9. The second-order valence-electron chi connectivity index (χ2n) is 4.48. The summed E-state index contributed by atoms with van der Waals surface area (Å²) in [4.78, 5) is 6.48. The monoisotopic (exact) mass is 231 g/mol. The fourth-order valence-corrected chi connectivity index (χ4v) is 2.25. The van der Waals surface area contributed by atoms with Crippen molar-refractivity contribution in [2.24, 2.45) is 0 Å². The molecule has 1 saturated heterocycles. The summed E-state index contributed by atoms with van der Waals surface area (Å²) in [5.41, 5.74) is 3.38. The number of rotatable bonds is 2. The van der Waals surface area contributed by atoms with Crippen molar-refractivity contribution in [2.45, 2.75) is 26.3 Å². The van der Waals surface area contributed by atoms with Crippen LogP contribution in [0, 0.1) is 25.2 Å². The SMILES string of the molecule is Cc1cc(N(C)C2CCOC2)c(C#N)c(C)n1. The van der Waals surface area contributed by atoms with E-state index in [1.54, 1.807) is 0 Å². The van der Waals surface area contributed by atoms with Crippen molar-refractivity contribution >= 4 is 5.69 Å². The minimum absolute atomic E-state index is 0.364. The lowest BCUT2D eigenvalue weighted by molar-refractivity contribution is 0.193. The summed E-state index contributed by atoms with van der Waals surface area (Å²) in [6.45, 7) is 5.38. The minimum atomic E-state index is 0.364. The van der Waals surface area contributed by atoms with Gasteiger partial charge in [0.2, 0.25) is 0 Å². The number of hydrogen-bond donors (Lipinski definition) is 0. The molecule has 1 unspecified atom stereocenters. The van der Waals surface area contributed by atoms with Gasteiger partial charge in [-0.25, -0.2) is 0 Å². The molecule has 0 radical (unpaired) electrons. The van der Waals surface area contributed by atoms with Crippen molar-refractivity contribution < 1.29 is 4.74 Å². The van der Waals surface area contributed by atoms with E-state index in [1.807, 2.05) is 27.0 Å². The highest BCUT2D eigenvalue weighted by Crippen LogP contribution is 2.26. The van der Waals surface area contributed by atoms with Gasteiger partial charge in [0.05, 0.1) is 29.6 Å². The van der Waals surface area contributed by atoms with E-state index in [1.165, 1.54) is 0 Å². The molecule has 2 rings (SSSR count). The van der Waals surface area contributed by atoms with Crippen LogP contribution in [0.4, 0.5) is 5.69 Å². The molecule has 0 N–H and O–H groups in total. The zero-order chi connectivity index (χ0) is 12.4. The third-order valence-electron chi connectivity index (χ3n) is 3.25. The molecule has 90 valence electrons. The molecule has 4 nitrogen and oxygen atoms in total. The molecule has 17 heavy (non-hydrogen) atoms. The molecule has 0 aliphatic carbocycles. The number of anilines is 1. The number of nitriles is 1. The zero-order valence-electron chi connectivity index (χ0n) is 10.5. The van der Waals surface area contributed by atoms with Gasteiger partial charge in [-0.1, -0.05) is 0 Å². The van der Waals surface area contributed by atoms with Crippen LogP contribution < -0.4 is 4.90 Å². The van der Waals surface area contributed by atoms with Crippen molar-refractivity contribution in [2.75, 3.05) is 25.2 Å². The highest BCUT2D eigenvalue weighted by atomic mass is 16.5. The third kappa shape index (κ3) is 2.25. The van der Waals surface area contributed by atoms with Crippen molar-refractivity contribution in [3.05, 3.63) is 23.0 Å². The van der Waals surface area contributed by atoms with E-state index in [0.717, 1.165) is 36.7 Å². The van der Waals surface area contributed by atoms with Gasteiger partial charge in [-0.2, -0.15) is 5.26 Å². The quantitative estimate of drug-likeness (QED) is 0.778. The van der Waals surface area contributed by atoms with Gasteiger partial charge < -0.3 is 9.64 Å². The maximum atomic E-state index is 9.23. The van der Waals surface area contributed by atoms with E-state index in [2.05, 4.69) is 16.0 Å². The lowest BCUT2D eigenvalue weighted by atomic mass is 10.1. The predicted octanol–water partition coefficient (Wildman–Crippen LogP) is 1.80. The van der Waals surface area contributed by atoms with Crippen LogP contribution in [0.25, 0.3) is 0 Å². The van der Waals surface area contributed by atoms with Gasteiger partial charge in [0.1, 0.15) is 6.07 Å². The molecule has 2 heterocycles. The third-order valence-corrected chi connectivity index (χ3v) is 3.25. The maximum Gasteiger partial charge on any atom is 0.103 e. The minimum Gasteiger partial charge on any atom is -0.379 e. The number of pyridine rings is 1. The first-order chi connectivity index (χ1) is 8.13. The van der Waals surface area contributed by atoms with Crippen LogP contribution in [0.15, 0.2) is 6.07 Å². The summed E-state index contributed by atoms with van der Waals surface area (Å²) in [6.07, 6.45) is 1.02. The van der Waals surface area contributed by atoms with Gasteiger partial charge in [0.25, 0.3) is 0 Å². The summed E-state index contributed by atoms with van der Waals surface area (Å²) in [5.74, 6) is 0. The summed E-state index contributed by atoms with van der Waals surface area (Å²) in [5, 5.41) is 9.23. The number of ether oxygens (including phenoxy) is 1. The Bertz CT molecular complexity index is 458. The summed E-state index contributed by atoms with van der Waals surface area (Å²) in [7, 11) is 2.02. The second kappa shape index (κ2) is 4.72. The van der Waals surface area contributed by atoms with Gasteiger partial charge in [-0.3, -0.25) is 4.98 Å². The van der Waals surface area contributed by atoms with E-state index in [9.17, 15) is 5.26 Å². The Kier molecular flexibility index (Phi) is 3.30. The van der Waals surface area contributed by atoms with Crippen molar-refractivity contribution in [3.63, 3.8) is 0 Å². The van der Waals surface area contributed by atoms with Crippen LogP contribution in [0.5, 0.6) is 0 Å². The zero-order valence-corrected chi connectivity index (χ0v) is 10.5. The first-order valence-corrected chi connectivity index (χ1v) is 5.82. The fourth-order valence-electron chi connectivity index (χ4n) is 2.25. The topological polar surface area (TPSA) is 49.1 Å². The van der Waals surface area contributed by atoms with Crippen LogP contribution in [-0.4, -0.2) is 31.3 Å². The highest BCUT2D eigenvalue weighted by Gasteiger charge is 2.23. The van der Waals surface area contributed by atoms with Crippen molar-refractivity contribution in [1.82, 2.24) is 4.98 Å². The van der Waals surface area contributed by atoms with Gasteiger partial charge in [-0.15, -0.1) is 0 Å². The lowest BCUT2D eigenvalue weighted by Crippen LogP contribution is -2.32. The van der Waals surface area contributed by atoms with Crippen LogP contribution in [0.2, 0.25) is 0 Å². The Morgan fingerprint density at radius 3 is 2.88 bits per heavy atom. The Morgan fingerprint density at radius 1 is 1.53 bits per heavy atom. The number of nitrogens with zero attached hydrogens (tertiary/aromatic N) is 3. The molecule has 0 amide bonds. The van der Waals surface area contributed by atoms with Gasteiger partial charge in [0.15, 0.2) is 0 Å². The number of aromatic nitrogens is 1. The molecule has 1 fully saturated rings. The molecule has 0 saturated carbocycles. The van der Waals surface area contributed by atoms with E-state index in [0.29, 0.717) is 11.6 Å². The van der Waals surface area contributed by atoms with E-state index >= 15 is 0 Å². The van der Waals surface area contributed by atoms with Gasteiger partial charge >= 0.3 is 0 Å². The fraction of sp³-hybridized carbons (Fsp3) is 0.538. The van der Waals surface area contributed by atoms with Crippen molar-refractivity contribution in [3.8, 4) is 6.07 Å². The average molecular weight is 231 g/mol. The average Bonchev–Trinajstić information content (AvgIpc) is 2.80. The molecule has 1 aliphatic rings. The van der Waals surface area contributed by atoms with Crippen LogP contribution in [0.1, 0.15) is 23.4 Å². The lowest BCUT2D eigenvalue weighted by Gasteiger charge is -2.27. The number of aryl methyl sites for hydroxylation is 2. The standard InChI is InChI=1S/C13H17N3O/c1-9-6-13(12(7-14)10(2)15-9)16(3)11-4-5-17-8-11/h6,11H,4-5,8H2,1-3H3. The molecule has 0 bridgehead atoms. The normalized spacial score (nSPS) is 19.1. The smallest absolute Gasteiger partial charge is 0.103 e. The first-order valence-electron chi connectivity index (χ1n) is 5.82. The van der Waals surface area contributed by atoms with E-state index in [-0.39, 0.29) is 0 Å². The summed E-state index contributed by atoms with van der Waals surface area (Å²) in [6, 6.07) is 4.59. The summed E-state index contributed by atoms with van der Waals surface area (Å²) >= 11 is 0. The second-order valence-corrected chi connectivity index (χ2v) is 4.48. The van der Waals surface area contributed by atoms with Crippen LogP contribution in [0.3, 0.4) is 0 Å².